The van der Waals surface area contributed by atoms with E-state index < -0.39 is 23.8 Å². The van der Waals surface area contributed by atoms with E-state index in [4.69, 9.17) is 5.11 Å². The molecule has 64 valence electrons. The molecule has 0 fully saturated rings. The van der Waals surface area contributed by atoms with E-state index in [0.29, 0.717) is 0 Å². The van der Waals surface area contributed by atoms with E-state index in [1.165, 1.54) is 0 Å². The Bertz CT molecular complexity index is 194. The summed E-state index contributed by atoms with van der Waals surface area (Å²) in [6.07, 6.45) is -3.04. The van der Waals surface area contributed by atoms with Gasteiger partial charge in [-0.3, -0.25) is 10.5 Å². The van der Waals surface area contributed by atoms with Crippen molar-refractivity contribution >= 4 is 11.9 Å². The van der Waals surface area contributed by atoms with Gasteiger partial charge in [0.2, 0.25) is 6.17 Å². The second-order valence-corrected chi connectivity index (χ2v) is 1.84. The van der Waals surface area contributed by atoms with Gasteiger partial charge < -0.3 is 10.8 Å². The SMILES string of the molecule is NC(=O)C(F)C(N)(F)C(=O)O. The monoisotopic (exact) mass is 168 g/mol. The molecule has 0 bridgehead atoms. The van der Waals surface area contributed by atoms with E-state index in [9.17, 15) is 18.4 Å². The van der Waals surface area contributed by atoms with Crippen LogP contribution in [-0.4, -0.2) is 28.9 Å². The molecule has 11 heavy (non-hydrogen) atoms. The molecule has 5 nitrogen and oxygen atoms in total. The summed E-state index contributed by atoms with van der Waals surface area (Å²) in [5, 5.41) is 7.91. The fraction of sp³-hybridized carbons (Fsp3) is 0.500. The van der Waals surface area contributed by atoms with E-state index in [0.717, 1.165) is 0 Å². The van der Waals surface area contributed by atoms with E-state index in [2.05, 4.69) is 11.5 Å². The first-order valence-corrected chi connectivity index (χ1v) is 2.44. The largest absolute Gasteiger partial charge is 0.478 e. The Labute approximate surface area is 60.0 Å². The molecule has 0 saturated carbocycles. The topological polar surface area (TPSA) is 106 Å². The van der Waals surface area contributed by atoms with Crippen LogP contribution in [0.1, 0.15) is 0 Å². The molecule has 0 saturated heterocycles. The summed E-state index contributed by atoms with van der Waals surface area (Å²) < 4.78 is 24.6. The lowest BCUT2D eigenvalue weighted by Crippen LogP contribution is -2.56. The van der Waals surface area contributed by atoms with Gasteiger partial charge in [-0.2, -0.15) is 0 Å². The molecule has 7 heteroatoms. The van der Waals surface area contributed by atoms with Gasteiger partial charge in [-0.05, 0) is 0 Å². The zero-order chi connectivity index (χ0) is 9.23. The van der Waals surface area contributed by atoms with Gasteiger partial charge in [0, 0.05) is 0 Å². The number of hydrogen-bond donors (Lipinski definition) is 3. The van der Waals surface area contributed by atoms with Crippen molar-refractivity contribution in [2.75, 3.05) is 0 Å². The van der Waals surface area contributed by atoms with E-state index in [1.54, 1.807) is 0 Å². The molecule has 0 spiro atoms. The summed E-state index contributed by atoms with van der Waals surface area (Å²) in [4.78, 5) is 19.7. The number of rotatable bonds is 3. The summed E-state index contributed by atoms with van der Waals surface area (Å²) in [6.45, 7) is 0. The first kappa shape index (κ1) is 9.76. The number of nitrogens with two attached hydrogens (primary N) is 2. The zero-order valence-corrected chi connectivity index (χ0v) is 5.25. The molecule has 5 N–H and O–H groups in total. The van der Waals surface area contributed by atoms with Gasteiger partial charge in [0.1, 0.15) is 0 Å². The predicted octanol–water partition coefficient (Wildman–Crippen LogP) is -1.48. The number of hydrogen-bond acceptors (Lipinski definition) is 3. The summed E-state index contributed by atoms with van der Waals surface area (Å²) in [5.41, 5.74) is 8.52. The van der Waals surface area contributed by atoms with Gasteiger partial charge in [0.15, 0.2) is 0 Å². The van der Waals surface area contributed by atoms with E-state index in [-0.39, 0.29) is 0 Å². The minimum atomic E-state index is -3.74. The fourth-order valence-electron chi connectivity index (χ4n) is 0.315. The Hall–Kier alpha value is -1.24. The van der Waals surface area contributed by atoms with Gasteiger partial charge >= 0.3 is 5.97 Å². The number of carboxylic acids is 1. The van der Waals surface area contributed by atoms with Gasteiger partial charge in [-0.15, -0.1) is 0 Å². The minimum absolute atomic E-state index is 1.75. The summed E-state index contributed by atoms with van der Waals surface area (Å²) in [5.74, 6) is -7.77. The van der Waals surface area contributed by atoms with Gasteiger partial charge in [-0.25, -0.2) is 13.6 Å². The van der Waals surface area contributed by atoms with Crippen LogP contribution in [0.2, 0.25) is 0 Å². The van der Waals surface area contributed by atoms with E-state index >= 15 is 0 Å². The fourth-order valence-corrected chi connectivity index (χ4v) is 0.315. The molecular formula is C4H6F2N2O3. The molecule has 0 rings (SSSR count). The highest BCUT2D eigenvalue weighted by molar-refractivity contribution is 5.89. The lowest BCUT2D eigenvalue weighted by Gasteiger charge is -2.16. The number of amides is 1. The maximum Gasteiger partial charge on any atom is 0.360 e. The molecule has 0 aliphatic rings. The molecule has 0 aliphatic heterocycles. The average Bonchev–Trinajstić information content (AvgIpc) is 1.85. The molecule has 2 atom stereocenters. The Balaban J connectivity index is 4.55. The Morgan fingerprint density at radius 1 is 1.55 bits per heavy atom. The van der Waals surface area contributed by atoms with E-state index in [1.807, 2.05) is 0 Å². The second kappa shape index (κ2) is 2.79. The molecule has 0 radical (unpaired) electrons. The van der Waals surface area contributed by atoms with Crippen LogP contribution in [0.3, 0.4) is 0 Å². The number of carbonyl (C=O) groups excluding carboxylic acids is 1. The molecule has 0 heterocycles. The molecular weight excluding hydrogens is 162 g/mol. The lowest BCUT2D eigenvalue weighted by molar-refractivity contribution is -0.159. The van der Waals surface area contributed by atoms with Crippen molar-refractivity contribution in [2.45, 2.75) is 12.0 Å². The Morgan fingerprint density at radius 3 is 2.00 bits per heavy atom. The molecule has 2 unspecified atom stereocenters. The highest BCUT2D eigenvalue weighted by atomic mass is 19.2. The number of alkyl halides is 2. The normalized spacial score (nSPS) is 18.5. The van der Waals surface area contributed by atoms with Crippen LogP contribution < -0.4 is 11.5 Å². The lowest BCUT2D eigenvalue weighted by atomic mass is 10.1. The first-order chi connectivity index (χ1) is 4.80. The van der Waals surface area contributed by atoms with Crippen LogP contribution in [-0.2, 0) is 9.59 Å². The third-order valence-corrected chi connectivity index (χ3v) is 0.946. The Kier molecular flexibility index (Phi) is 2.47. The third kappa shape index (κ3) is 1.84. The number of halogens is 2. The summed E-state index contributed by atoms with van der Waals surface area (Å²) in [7, 11) is 0. The minimum Gasteiger partial charge on any atom is -0.478 e. The highest BCUT2D eigenvalue weighted by Crippen LogP contribution is 2.12. The highest BCUT2D eigenvalue weighted by Gasteiger charge is 2.47. The number of aliphatic carboxylic acids is 1. The Morgan fingerprint density at radius 2 is 1.91 bits per heavy atom. The maximum absolute atomic E-state index is 12.4. The predicted molar refractivity (Wildman–Crippen MR) is 29.8 cm³/mol. The van der Waals surface area contributed by atoms with Crippen LogP contribution in [0.15, 0.2) is 0 Å². The van der Waals surface area contributed by atoms with Crippen LogP contribution >= 0.6 is 0 Å². The van der Waals surface area contributed by atoms with Gasteiger partial charge in [0.05, 0.1) is 0 Å². The number of primary amides is 1. The van der Waals surface area contributed by atoms with Crippen LogP contribution in [0.5, 0.6) is 0 Å². The van der Waals surface area contributed by atoms with Crippen LogP contribution in [0, 0.1) is 0 Å². The second-order valence-electron chi connectivity index (χ2n) is 1.84. The maximum atomic E-state index is 12.4. The smallest absolute Gasteiger partial charge is 0.360 e. The van der Waals surface area contributed by atoms with Gasteiger partial charge in [-0.1, -0.05) is 0 Å². The third-order valence-electron chi connectivity index (χ3n) is 0.946. The first-order valence-electron chi connectivity index (χ1n) is 2.44. The molecule has 0 aliphatic carbocycles. The van der Waals surface area contributed by atoms with Crippen molar-refractivity contribution in [1.82, 2.24) is 0 Å². The summed E-state index contributed by atoms with van der Waals surface area (Å²) in [6, 6.07) is 0. The molecule has 0 aromatic rings. The van der Waals surface area contributed by atoms with Crippen molar-refractivity contribution in [3.63, 3.8) is 0 Å². The van der Waals surface area contributed by atoms with Crippen molar-refractivity contribution in [3.05, 3.63) is 0 Å². The van der Waals surface area contributed by atoms with Crippen molar-refractivity contribution in [1.29, 1.82) is 0 Å². The summed E-state index contributed by atoms with van der Waals surface area (Å²) >= 11 is 0. The molecule has 0 aromatic heterocycles. The van der Waals surface area contributed by atoms with Crippen LogP contribution in [0.4, 0.5) is 8.78 Å². The van der Waals surface area contributed by atoms with Crippen molar-refractivity contribution < 1.29 is 23.5 Å². The van der Waals surface area contributed by atoms with Gasteiger partial charge in [0.25, 0.3) is 11.7 Å². The molecule has 1 amide bonds. The number of carbonyl (C=O) groups is 2. The standard InChI is InChI=1S/C4H6F2N2O3/c5-1(2(7)9)4(6,8)3(10)11/h1H,8H2,(H2,7,9)(H,10,11). The average molecular weight is 168 g/mol. The molecule has 0 aromatic carbocycles. The van der Waals surface area contributed by atoms with Crippen molar-refractivity contribution in [2.24, 2.45) is 11.5 Å². The van der Waals surface area contributed by atoms with Crippen molar-refractivity contribution in [3.8, 4) is 0 Å². The zero-order valence-electron chi connectivity index (χ0n) is 5.25. The quantitative estimate of drug-likeness (QED) is 0.446. The number of carboxylic acid groups (broad SMARTS) is 1. The van der Waals surface area contributed by atoms with Crippen LogP contribution in [0.25, 0.3) is 0 Å².